The van der Waals surface area contributed by atoms with Crippen LogP contribution in [0, 0.1) is 23.7 Å². The van der Waals surface area contributed by atoms with Crippen LogP contribution in [0.2, 0.25) is 0 Å². The van der Waals surface area contributed by atoms with Crippen molar-refractivity contribution in [3.63, 3.8) is 0 Å². The van der Waals surface area contributed by atoms with Gasteiger partial charge in [0.05, 0.1) is 38.0 Å². The maximum absolute atomic E-state index is 12.8. The molecule has 4 atom stereocenters. The molecule has 6 heteroatoms. The van der Waals surface area contributed by atoms with Crippen molar-refractivity contribution in [1.82, 2.24) is 9.80 Å². The number of carbonyl (C=O) groups is 3. The molecule has 3 amide bonds. The van der Waals surface area contributed by atoms with Crippen LogP contribution in [0.3, 0.4) is 0 Å². The van der Waals surface area contributed by atoms with E-state index in [-0.39, 0.29) is 36.1 Å². The second-order valence-electron chi connectivity index (χ2n) is 8.94. The lowest BCUT2D eigenvalue weighted by Gasteiger charge is -2.33. The number of fused-ring (bicyclic) bond motifs is 5. The van der Waals surface area contributed by atoms with Crippen molar-refractivity contribution in [2.75, 3.05) is 32.7 Å². The number of rotatable bonds is 4. The third kappa shape index (κ3) is 2.94. The molecule has 0 unspecified atom stereocenters. The molecule has 2 saturated carbocycles. The van der Waals surface area contributed by atoms with Gasteiger partial charge in [-0.25, -0.2) is 0 Å². The largest absolute Gasteiger partial charge is 0.330 e. The van der Waals surface area contributed by atoms with E-state index < -0.39 is 0 Å². The maximum Gasteiger partial charge on any atom is 0.243 e. The first-order valence-corrected chi connectivity index (χ1v) is 10.6. The summed E-state index contributed by atoms with van der Waals surface area (Å²) in [4.78, 5) is 42.9. The van der Waals surface area contributed by atoms with E-state index in [0.29, 0.717) is 24.9 Å². The lowest BCUT2D eigenvalue weighted by atomic mass is 9.81. The van der Waals surface area contributed by atoms with Gasteiger partial charge in [-0.2, -0.15) is 0 Å². The summed E-state index contributed by atoms with van der Waals surface area (Å²) in [5.41, 5.74) is 1.31. The molecule has 2 aliphatic carbocycles. The van der Waals surface area contributed by atoms with Crippen LogP contribution in [0.4, 0.5) is 0 Å². The van der Waals surface area contributed by atoms with Crippen molar-refractivity contribution in [2.45, 2.75) is 25.8 Å². The van der Waals surface area contributed by atoms with Gasteiger partial charge in [-0.05, 0) is 31.1 Å². The second-order valence-corrected chi connectivity index (χ2v) is 8.94. The zero-order valence-corrected chi connectivity index (χ0v) is 16.2. The molecule has 2 aliphatic heterocycles. The number of nitrogens with one attached hydrogen (secondary N) is 1. The van der Waals surface area contributed by atoms with E-state index in [1.54, 1.807) is 0 Å². The second kappa shape index (κ2) is 6.99. The van der Waals surface area contributed by atoms with Gasteiger partial charge in [0.2, 0.25) is 17.7 Å². The van der Waals surface area contributed by atoms with Crippen molar-refractivity contribution in [3.05, 3.63) is 35.9 Å². The SMILES string of the molecule is O=C(CN1C(=O)[C@@H]2[C@H]3CC[C@H](C3)[C@@H]2C1=O)N1CC[NH+](Cc2ccccc2)CC1. The third-order valence-electron chi connectivity index (χ3n) is 7.43. The van der Waals surface area contributed by atoms with Gasteiger partial charge in [0.1, 0.15) is 13.1 Å². The van der Waals surface area contributed by atoms with E-state index in [1.807, 2.05) is 11.0 Å². The lowest BCUT2D eigenvalue weighted by molar-refractivity contribution is -0.917. The molecule has 1 aromatic carbocycles. The highest BCUT2D eigenvalue weighted by atomic mass is 16.2. The normalized spacial score (nSPS) is 32.3. The third-order valence-corrected chi connectivity index (χ3v) is 7.43. The molecule has 2 heterocycles. The van der Waals surface area contributed by atoms with Gasteiger partial charge in [-0.15, -0.1) is 0 Å². The zero-order valence-electron chi connectivity index (χ0n) is 16.2. The Morgan fingerprint density at radius 1 is 0.964 bits per heavy atom. The molecule has 148 valence electrons. The summed E-state index contributed by atoms with van der Waals surface area (Å²) in [5, 5.41) is 0. The molecule has 0 radical (unpaired) electrons. The minimum Gasteiger partial charge on any atom is -0.330 e. The number of quaternary nitrogens is 1. The highest BCUT2D eigenvalue weighted by Crippen LogP contribution is 2.56. The average molecular weight is 382 g/mol. The van der Waals surface area contributed by atoms with Gasteiger partial charge in [-0.1, -0.05) is 30.3 Å². The molecule has 28 heavy (non-hydrogen) atoms. The fourth-order valence-electron chi connectivity index (χ4n) is 6.00. The first kappa shape index (κ1) is 17.9. The number of benzene rings is 1. The Morgan fingerprint density at radius 2 is 1.57 bits per heavy atom. The van der Waals surface area contributed by atoms with Crippen LogP contribution in [0.15, 0.2) is 30.3 Å². The summed E-state index contributed by atoms with van der Waals surface area (Å²) in [5.74, 6) is 0.242. The maximum atomic E-state index is 12.8. The molecule has 4 aliphatic rings. The fraction of sp³-hybridized carbons (Fsp3) is 0.591. The molecular weight excluding hydrogens is 354 g/mol. The summed E-state index contributed by atoms with van der Waals surface area (Å²) >= 11 is 0. The molecule has 5 rings (SSSR count). The number of amides is 3. The standard InChI is InChI=1S/C22H27N3O3/c26-18(24-10-8-23(9-11-24)13-15-4-2-1-3-5-15)14-25-21(27)19-16-6-7-17(12-16)20(19)22(25)28/h1-5,16-17,19-20H,6-14H2/p+1/t16-,17+,19+,20-. The summed E-state index contributed by atoms with van der Waals surface area (Å²) in [6.07, 6.45) is 3.17. The van der Waals surface area contributed by atoms with Crippen molar-refractivity contribution in [3.8, 4) is 0 Å². The number of hydrogen-bond donors (Lipinski definition) is 1. The number of nitrogens with zero attached hydrogens (tertiary/aromatic N) is 2. The minimum atomic E-state index is -0.133. The Bertz CT molecular complexity index is 759. The first-order chi connectivity index (χ1) is 13.6. The molecule has 2 bridgehead atoms. The lowest BCUT2D eigenvalue weighted by Crippen LogP contribution is -3.13. The monoisotopic (exact) mass is 382 g/mol. The van der Waals surface area contributed by atoms with Gasteiger partial charge in [0.15, 0.2) is 0 Å². The summed E-state index contributed by atoms with van der Waals surface area (Å²) in [6, 6.07) is 10.4. The Kier molecular flexibility index (Phi) is 4.46. The average Bonchev–Trinajstić information content (AvgIpc) is 3.39. The fourth-order valence-corrected chi connectivity index (χ4v) is 6.00. The number of piperazine rings is 1. The minimum absolute atomic E-state index is 0.0574. The van der Waals surface area contributed by atoms with E-state index in [0.717, 1.165) is 38.9 Å². The van der Waals surface area contributed by atoms with Crippen molar-refractivity contribution >= 4 is 17.7 Å². The molecule has 0 spiro atoms. The molecular formula is C22H28N3O3+. The van der Waals surface area contributed by atoms with Crippen LogP contribution in [0.5, 0.6) is 0 Å². The van der Waals surface area contributed by atoms with E-state index in [4.69, 9.17) is 0 Å². The number of imide groups is 1. The topological polar surface area (TPSA) is 62.1 Å². The smallest absolute Gasteiger partial charge is 0.243 e. The van der Waals surface area contributed by atoms with E-state index in [2.05, 4.69) is 24.3 Å². The van der Waals surface area contributed by atoms with Crippen LogP contribution in [0.1, 0.15) is 24.8 Å². The summed E-state index contributed by atoms with van der Waals surface area (Å²) < 4.78 is 0. The van der Waals surface area contributed by atoms with Crippen molar-refractivity contribution < 1.29 is 19.3 Å². The quantitative estimate of drug-likeness (QED) is 0.743. The van der Waals surface area contributed by atoms with Crippen molar-refractivity contribution in [1.29, 1.82) is 0 Å². The van der Waals surface area contributed by atoms with E-state index in [9.17, 15) is 14.4 Å². The van der Waals surface area contributed by atoms with Crippen LogP contribution in [-0.2, 0) is 20.9 Å². The molecule has 1 aromatic rings. The van der Waals surface area contributed by atoms with Crippen molar-refractivity contribution in [2.24, 2.45) is 23.7 Å². The van der Waals surface area contributed by atoms with Gasteiger partial charge in [0, 0.05) is 5.56 Å². The summed E-state index contributed by atoms with van der Waals surface area (Å²) in [7, 11) is 0. The summed E-state index contributed by atoms with van der Waals surface area (Å²) in [6.45, 7) is 4.09. The zero-order chi connectivity index (χ0) is 19.3. The Labute approximate surface area is 165 Å². The van der Waals surface area contributed by atoms with Crippen LogP contribution in [-0.4, -0.2) is 60.2 Å². The molecule has 4 fully saturated rings. The van der Waals surface area contributed by atoms with E-state index in [1.165, 1.54) is 15.4 Å². The van der Waals surface area contributed by atoms with Gasteiger partial charge in [0.25, 0.3) is 0 Å². The van der Waals surface area contributed by atoms with Gasteiger partial charge >= 0.3 is 0 Å². The Balaban J connectivity index is 1.16. The predicted molar refractivity (Wildman–Crippen MR) is 102 cm³/mol. The van der Waals surface area contributed by atoms with Crippen LogP contribution < -0.4 is 4.90 Å². The van der Waals surface area contributed by atoms with Gasteiger partial charge in [-0.3, -0.25) is 19.3 Å². The van der Waals surface area contributed by atoms with Crippen LogP contribution in [0.25, 0.3) is 0 Å². The molecule has 1 N–H and O–H groups in total. The van der Waals surface area contributed by atoms with E-state index >= 15 is 0 Å². The highest BCUT2D eigenvalue weighted by molar-refractivity contribution is 6.08. The van der Waals surface area contributed by atoms with Gasteiger partial charge < -0.3 is 9.80 Å². The Hall–Kier alpha value is -2.21. The number of hydrogen-bond acceptors (Lipinski definition) is 3. The molecule has 6 nitrogen and oxygen atoms in total. The number of likely N-dealkylation sites (tertiary alicyclic amines) is 1. The highest BCUT2D eigenvalue weighted by Gasteiger charge is 2.61. The molecule has 0 aromatic heterocycles. The predicted octanol–water partition coefficient (Wildman–Crippen LogP) is -0.0552. The first-order valence-electron chi connectivity index (χ1n) is 10.6. The van der Waals surface area contributed by atoms with Crippen LogP contribution >= 0.6 is 0 Å². The number of carbonyl (C=O) groups excluding carboxylic acids is 3. The molecule has 2 saturated heterocycles. The Morgan fingerprint density at radius 3 is 2.18 bits per heavy atom.